The number of halogens is 3. The van der Waals surface area contributed by atoms with Gasteiger partial charge in [-0.3, -0.25) is 0 Å². The van der Waals surface area contributed by atoms with E-state index in [4.69, 9.17) is 4.74 Å². The lowest BCUT2D eigenvalue weighted by atomic mass is 9.93. The average Bonchev–Trinajstić information content (AvgIpc) is 2.45. The second-order valence-electron chi connectivity index (χ2n) is 5.52. The van der Waals surface area contributed by atoms with Crippen LogP contribution >= 0.6 is 0 Å². The molecule has 1 aliphatic heterocycles. The number of rotatable bonds is 4. The van der Waals surface area contributed by atoms with Gasteiger partial charge in [-0.2, -0.15) is 13.2 Å². The Morgan fingerprint density at radius 1 is 1.29 bits per heavy atom. The van der Waals surface area contributed by atoms with E-state index in [1.807, 2.05) is 0 Å². The van der Waals surface area contributed by atoms with Crippen LogP contribution < -0.4 is 5.32 Å². The van der Waals surface area contributed by atoms with Crippen molar-refractivity contribution >= 4 is 0 Å². The van der Waals surface area contributed by atoms with E-state index in [2.05, 4.69) is 5.32 Å². The molecule has 2 N–H and O–H groups in total. The van der Waals surface area contributed by atoms with Crippen molar-refractivity contribution in [2.24, 2.45) is 0 Å². The molecule has 0 spiro atoms. The molecule has 21 heavy (non-hydrogen) atoms. The maximum atomic E-state index is 13.0. The highest BCUT2D eigenvalue weighted by Crippen LogP contribution is 2.34. The Balaban J connectivity index is 2.05. The van der Waals surface area contributed by atoms with E-state index >= 15 is 0 Å². The van der Waals surface area contributed by atoms with Crippen molar-refractivity contribution in [3.05, 3.63) is 35.4 Å². The fourth-order valence-electron chi connectivity index (χ4n) is 2.51. The van der Waals surface area contributed by atoms with E-state index in [-0.39, 0.29) is 12.1 Å². The molecule has 1 fully saturated rings. The zero-order valence-corrected chi connectivity index (χ0v) is 11.9. The minimum atomic E-state index is -4.37. The number of benzene rings is 1. The molecule has 0 aliphatic carbocycles. The van der Waals surface area contributed by atoms with Crippen LogP contribution in [0.3, 0.4) is 0 Å². The number of ether oxygens (including phenoxy) is 1. The summed E-state index contributed by atoms with van der Waals surface area (Å²) in [7, 11) is 0. The molecule has 1 saturated heterocycles. The second kappa shape index (κ2) is 6.34. The topological polar surface area (TPSA) is 41.5 Å². The van der Waals surface area contributed by atoms with Crippen LogP contribution in [0.2, 0.25) is 0 Å². The number of nitrogens with one attached hydrogen (secondary N) is 1. The standard InChI is InChI=1S/C15H20F3NO2/c1-11(19-10-14(20)6-8-21-9-7-14)12-4-2-3-5-13(12)15(16,17)18/h2-5,11,19-20H,6-10H2,1H3. The summed E-state index contributed by atoms with van der Waals surface area (Å²) in [5.74, 6) is 0. The average molecular weight is 303 g/mol. The normalized spacial score (nSPS) is 20.2. The SMILES string of the molecule is CC(NCC1(O)CCOCC1)c1ccccc1C(F)(F)F. The summed E-state index contributed by atoms with van der Waals surface area (Å²) in [5.41, 5.74) is -1.34. The van der Waals surface area contributed by atoms with Gasteiger partial charge in [0.25, 0.3) is 0 Å². The first-order valence-electron chi connectivity index (χ1n) is 7.01. The fourth-order valence-corrected chi connectivity index (χ4v) is 2.51. The summed E-state index contributed by atoms with van der Waals surface area (Å²) < 4.78 is 44.1. The quantitative estimate of drug-likeness (QED) is 0.898. The third-order valence-corrected chi connectivity index (χ3v) is 3.89. The van der Waals surface area contributed by atoms with Crippen molar-refractivity contribution in [3.8, 4) is 0 Å². The smallest absolute Gasteiger partial charge is 0.388 e. The molecule has 1 aromatic carbocycles. The van der Waals surface area contributed by atoms with Crippen molar-refractivity contribution < 1.29 is 23.0 Å². The Labute approximate surface area is 122 Å². The zero-order valence-electron chi connectivity index (χ0n) is 11.9. The van der Waals surface area contributed by atoms with Gasteiger partial charge >= 0.3 is 6.18 Å². The zero-order chi connectivity index (χ0) is 15.5. The Bertz CT molecular complexity index is 470. The summed E-state index contributed by atoms with van der Waals surface area (Å²) in [6.45, 7) is 2.88. The van der Waals surface area contributed by atoms with E-state index in [1.165, 1.54) is 12.1 Å². The molecule has 0 amide bonds. The van der Waals surface area contributed by atoms with Gasteiger partial charge < -0.3 is 15.2 Å². The maximum absolute atomic E-state index is 13.0. The van der Waals surface area contributed by atoms with Gasteiger partial charge in [-0.05, 0) is 18.6 Å². The van der Waals surface area contributed by atoms with Crippen molar-refractivity contribution in [3.63, 3.8) is 0 Å². The van der Waals surface area contributed by atoms with Gasteiger partial charge in [-0.1, -0.05) is 18.2 Å². The van der Waals surface area contributed by atoms with Gasteiger partial charge in [0.05, 0.1) is 11.2 Å². The molecule has 118 valence electrons. The lowest BCUT2D eigenvalue weighted by Crippen LogP contribution is -2.45. The highest BCUT2D eigenvalue weighted by Gasteiger charge is 2.35. The summed E-state index contributed by atoms with van der Waals surface area (Å²) in [4.78, 5) is 0. The Kier molecular flexibility index (Phi) is 4.91. The predicted molar refractivity (Wildman–Crippen MR) is 72.9 cm³/mol. The van der Waals surface area contributed by atoms with Crippen molar-refractivity contribution in [2.45, 2.75) is 37.6 Å². The predicted octanol–water partition coefficient (Wildman–Crippen LogP) is 2.90. The molecule has 1 unspecified atom stereocenters. The van der Waals surface area contributed by atoms with E-state index < -0.39 is 23.4 Å². The molecule has 1 aromatic rings. The number of hydrogen-bond donors (Lipinski definition) is 2. The number of hydrogen-bond acceptors (Lipinski definition) is 3. The minimum absolute atomic E-state index is 0.195. The summed E-state index contributed by atoms with van der Waals surface area (Å²) in [5, 5.41) is 13.3. The van der Waals surface area contributed by atoms with Crippen LogP contribution in [-0.4, -0.2) is 30.5 Å². The Morgan fingerprint density at radius 2 is 1.90 bits per heavy atom. The van der Waals surface area contributed by atoms with Crippen LogP contribution in [0.1, 0.15) is 36.9 Å². The summed E-state index contributed by atoms with van der Waals surface area (Å²) >= 11 is 0. The fraction of sp³-hybridized carbons (Fsp3) is 0.600. The third-order valence-electron chi connectivity index (χ3n) is 3.89. The van der Waals surface area contributed by atoms with Crippen LogP contribution in [0.15, 0.2) is 24.3 Å². The molecular weight excluding hydrogens is 283 g/mol. The van der Waals surface area contributed by atoms with Gasteiger partial charge in [-0.25, -0.2) is 0 Å². The molecule has 6 heteroatoms. The van der Waals surface area contributed by atoms with Crippen LogP contribution in [0, 0.1) is 0 Å². The Morgan fingerprint density at radius 3 is 2.52 bits per heavy atom. The molecule has 0 radical (unpaired) electrons. The summed E-state index contributed by atoms with van der Waals surface area (Å²) in [6, 6.07) is 5.03. The van der Waals surface area contributed by atoms with E-state index in [1.54, 1.807) is 13.0 Å². The molecule has 1 heterocycles. The molecular formula is C15H20F3NO2. The molecule has 0 aromatic heterocycles. The lowest BCUT2D eigenvalue weighted by molar-refractivity contribution is -0.138. The van der Waals surface area contributed by atoms with Gasteiger partial charge in [0.2, 0.25) is 0 Å². The van der Waals surface area contributed by atoms with Gasteiger partial charge in [0.1, 0.15) is 0 Å². The summed E-state index contributed by atoms with van der Waals surface area (Å²) in [6.07, 6.45) is -3.39. The third kappa shape index (κ3) is 4.18. The van der Waals surface area contributed by atoms with Crippen LogP contribution in [0.25, 0.3) is 0 Å². The van der Waals surface area contributed by atoms with E-state index in [0.717, 1.165) is 6.07 Å². The first-order valence-corrected chi connectivity index (χ1v) is 7.01. The minimum Gasteiger partial charge on any atom is -0.388 e. The molecule has 1 atom stereocenters. The largest absolute Gasteiger partial charge is 0.416 e. The molecule has 1 aliphatic rings. The van der Waals surface area contributed by atoms with Crippen molar-refractivity contribution in [1.29, 1.82) is 0 Å². The van der Waals surface area contributed by atoms with Crippen LogP contribution in [0.5, 0.6) is 0 Å². The van der Waals surface area contributed by atoms with Gasteiger partial charge in [-0.15, -0.1) is 0 Å². The highest BCUT2D eigenvalue weighted by molar-refractivity contribution is 5.32. The molecule has 0 saturated carbocycles. The van der Waals surface area contributed by atoms with E-state index in [0.29, 0.717) is 26.1 Å². The monoisotopic (exact) mass is 303 g/mol. The first kappa shape index (κ1) is 16.3. The first-order chi connectivity index (χ1) is 9.82. The Hall–Kier alpha value is -1.11. The van der Waals surface area contributed by atoms with Crippen molar-refractivity contribution in [1.82, 2.24) is 5.32 Å². The van der Waals surface area contributed by atoms with E-state index in [9.17, 15) is 18.3 Å². The van der Waals surface area contributed by atoms with Crippen LogP contribution in [0.4, 0.5) is 13.2 Å². The number of aliphatic hydroxyl groups is 1. The van der Waals surface area contributed by atoms with Gasteiger partial charge in [0.15, 0.2) is 0 Å². The lowest BCUT2D eigenvalue weighted by Gasteiger charge is -2.33. The molecule has 3 nitrogen and oxygen atoms in total. The molecule has 2 rings (SSSR count). The second-order valence-corrected chi connectivity index (χ2v) is 5.52. The van der Waals surface area contributed by atoms with Crippen molar-refractivity contribution in [2.75, 3.05) is 19.8 Å². The molecule has 0 bridgehead atoms. The number of alkyl halides is 3. The maximum Gasteiger partial charge on any atom is 0.416 e. The highest BCUT2D eigenvalue weighted by atomic mass is 19.4. The van der Waals surface area contributed by atoms with Gasteiger partial charge in [0, 0.05) is 38.6 Å². The van der Waals surface area contributed by atoms with Crippen LogP contribution in [-0.2, 0) is 10.9 Å².